The van der Waals surface area contributed by atoms with Crippen LogP contribution in [0.1, 0.15) is 0 Å². The number of aliphatic hydroxyl groups is 1. The molecule has 0 atom stereocenters. The van der Waals surface area contributed by atoms with Crippen LogP contribution >= 0.6 is 9.42 Å². The van der Waals surface area contributed by atoms with E-state index in [1.165, 1.54) is 16.2 Å². The van der Waals surface area contributed by atoms with Gasteiger partial charge >= 0.3 is 28.2 Å². The monoisotopic (exact) mass is 491 g/mol. The zero-order chi connectivity index (χ0) is 13.4. The van der Waals surface area contributed by atoms with Crippen LogP contribution in [0.4, 0.5) is 0 Å². The maximum Gasteiger partial charge on any atom is 0.0708 e. The smallest absolute Gasteiger partial charge is 0.0708 e. The average molecular weight is 492 g/mol. The molecule has 1 heterocycles. The number of halogens is 1. The summed E-state index contributed by atoms with van der Waals surface area (Å²) in [6.07, 6.45) is 1.93. The number of para-hydroxylation sites is 1. The van der Waals surface area contributed by atoms with Gasteiger partial charge in [-0.15, -0.1) is 0 Å². The van der Waals surface area contributed by atoms with Crippen molar-refractivity contribution in [2.45, 2.75) is 0 Å². The number of nitrogens with two attached hydrogens (primary N) is 2. The second kappa shape index (κ2) is 13.9. The van der Waals surface area contributed by atoms with Gasteiger partial charge in [-0.1, -0.05) is 42.5 Å². The van der Waals surface area contributed by atoms with Crippen LogP contribution in [0.5, 0.6) is 0 Å². The maximum absolute atomic E-state index is 7.00. The quantitative estimate of drug-likeness (QED) is 0.470. The van der Waals surface area contributed by atoms with Gasteiger partial charge in [-0.05, 0) is 11.5 Å². The van der Waals surface area contributed by atoms with Crippen molar-refractivity contribution in [3.63, 3.8) is 0 Å². The van der Waals surface area contributed by atoms with E-state index in [4.69, 9.17) is 5.11 Å². The molecule has 7 heteroatoms. The molecule has 121 valence electrons. The normalized spacial score (nSPS) is 7.86. The number of nitrogens with zero attached hydrogens (tertiary/aromatic N) is 1. The van der Waals surface area contributed by atoms with Gasteiger partial charge in [-0.3, -0.25) is 4.98 Å². The number of aromatic nitrogens is 1. The van der Waals surface area contributed by atoms with Crippen LogP contribution in [-0.2, 0) is 18.8 Å². The van der Waals surface area contributed by atoms with E-state index in [9.17, 15) is 0 Å². The minimum atomic E-state index is 0. The molecule has 0 radical (unpaired) electrons. The summed E-state index contributed by atoms with van der Waals surface area (Å²) in [7, 11) is 5.61. The summed E-state index contributed by atoms with van der Waals surface area (Å²) in [6.45, 7) is 0. The Bertz CT molecular complexity index is 571. The van der Waals surface area contributed by atoms with Crippen molar-refractivity contribution < 1.29 is 29.4 Å². The van der Waals surface area contributed by atoms with Crippen LogP contribution in [0.3, 0.4) is 0 Å². The first-order chi connectivity index (χ1) is 8.95. The summed E-state index contributed by atoms with van der Waals surface area (Å²) >= 11 is 1.61. The maximum atomic E-state index is 7.00. The number of pyridine rings is 1. The van der Waals surface area contributed by atoms with Crippen molar-refractivity contribution in [2.24, 2.45) is 0 Å². The third-order valence-electron chi connectivity index (χ3n) is 2.50. The molecule has 0 amide bonds. The molecule has 3 rings (SSSR count). The Morgan fingerprint density at radius 2 is 1.33 bits per heavy atom. The molecule has 5 nitrogen and oxygen atoms in total. The van der Waals surface area contributed by atoms with Gasteiger partial charge in [0.05, 0.1) is 5.52 Å². The predicted molar refractivity (Wildman–Crippen MR) is 87.4 cm³/mol. The molecule has 3 aromatic rings. The minimum Gasteiger partial charge on any atom is -0.693 e. The van der Waals surface area contributed by atoms with Crippen LogP contribution in [0, 0.1) is 0 Å². The Labute approximate surface area is 139 Å². The average Bonchev–Trinajstić information content (AvgIpc) is 2.51. The van der Waals surface area contributed by atoms with Gasteiger partial charge in [0.2, 0.25) is 0 Å². The van der Waals surface area contributed by atoms with E-state index in [2.05, 4.69) is 44.7 Å². The van der Waals surface area contributed by atoms with Crippen LogP contribution in [0.25, 0.3) is 34.0 Å². The third kappa shape index (κ3) is 6.06. The Morgan fingerprint density at radius 3 is 1.95 bits per heavy atom. The van der Waals surface area contributed by atoms with Crippen molar-refractivity contribution in [3.05, 3.63) is 67.0 Å². The number of fused-ring (bicyclic) bond motifs is 3. The number of benzene rings is 2. The zero-order valence-electron chi connectivity index (χ0n) is 11.4. The van der Waals surface area contributed by atoms with Crippen molar-refractivity contribution in [3.8, 4) is 0 Å². The molecular formula is C14H19ClN3O2Pt-2. The summed E-state index contributed by atoms with van der Waals surface area (Å²) in [5.41, 5.74) is 1.06. The Hall–Kier alpha value is -1.07. The molecule has 0 aliphatic carbocycles. The topological polar surface area (TPSA) is 132 Å². The third-order valence-corrected chi connectivity index (χ3v) is 2.50. The summed E-state index contributed by atoms with van der Waals surface area (Å²) in [4.78, 5) is 4.41. The van der Waals surface area contributed by atoms with E-state index in [0.717, 1.165) is 12.6 Å². The number of aliphatic hydroxyl groups excluding tert-OH is 1. The molecule has 0 spiro atoms. The Balaban J connectivity index is -0.000000430. The molecular weight excluding hydrogens is 473 g/mol. The zero-order valence-corrected chi connectivity index (χ0v) is 14.5. The summed E-state index contributed by atoms with van der Waals surface area (Å²) in [6, 6.07) is 16.6. The van der Waals surface area contributed by atoms with Gasteiger partial charge in [-0.25, -0.2) is 0 Å². The molecule has 0 unspecified atom stereocenters. The number of rotatable bonds is 0. The fourth-order valence-corrected chi connectivity index (χ4v) is 1.81. The summed E-state index contributed by atoms with van der Waals surface area (Å²) in [5, 5.41) is 10.7. The van der Waals surface area contributed by atoms with E-state index in [1.807, 2.05) is 24.4 Å². The van der Waals surface area contributed by atoms with Gasteiger partial charge in [0.15, 0.2) is 0 Å². The van der Waals surface area contributed by atoms with E-state index < -0.39 is 0 Å². The predicted octanol–water partition coefficient (Wildman–Crippen LogP) is 4.29. The number of hydrogen-bond acceptors (Lipinski definition) is 2. The van der Waals surface area contributed by atoms with Gasteiger partial charge in [0.1, 0.15) is 0 Å². The molecule has 0 saturated heterocycles. The van der Waals surface area contributed by atoms with Crippen LogP contribution in [0.2, 0.25) is 0 Å². The van der Waals surface area contributed by atoms with E-state index in [0.29, 0.717) is 0 Å². The number of hydrogen-bond donors (Lipinski definition) is 1. The molecule has 0 bridgehead atoms. The second-order valence-corrected chi connectivity index (χ2v) is 3.36. The van der Waals surface area contributed by atoms with Gasteiger partial charge in [-0.2, -0.15) is 0 Å². The molecule has 0 saturated carbocycles. The van der Waals surface area contributed by atoms with Crippen molar-refractivity contribution in [1.82, 2.24) is 4.98 Å². The largest absolute Gasteiger partial charge is 0.693 e. The Kier molecular flexibility index (Phi) is 16.5. The van der Waals surface area contributed by atoms with Gasteiger partial charge in [0, 0.05) is 24.1 Å². The first-order valence-corrected chi connectivity index (χ1v) is 8.06. The molecule has 0 aliphatic heterocycles. The molecule has 21 heavy (non-hydrogen) atoms. The van der Waals surface area contributed by atoms with Crippen LogP contribution in [0.15, 0.2) is 54.7 Å². The molecule has 7 N–H and O–H groups in total. The van der Waals surface area contributed by atoms with Gasteiger partial charge < -0.3 is 22.9 Å². The summed E-state index contributed by atoms with van der Waals surface area (Å²) in [5.74, 6) is 0. The SMILES string of the molecule is CO.O.[Cl][Pt].[NH2-].[NH2-].c1ccc2c(c1)cnc1ccccc12. The second-order valence-electron chi connectivity index (χ2n) is 3.36. The van der Waals surface area contributed by atoms with Crippen molar-refractivity contribution in [1.29, 1.82) is 0 Å². The van der Waals surface area contributed by atoms with E-state index in [-0.39, 0.29) is 17.8 Å². The Morgan fingerprint density at radius 1 is 0.857 bits per heavy atom. The molecule has 0 aliphatic rings. The minimum absolute atomic E-state index is 0. The van der Waals surface area contributed by atoms with E-state index in [1.54, 1.807) is 18.8 Å². The fourth-order valence-electron chi connectivity index (χ4n) is 1.81. The van der Waals surface area contributed by atoms with Crippen molar-refractivity contribution >= 4 is 31.1 Å². The molecule has 2 aromatic carbocycles. The first kappa shape index (κ1) is 24.9. The standard InChI is InChI=1S/C13H9N.CH4O.ClH.2H2N.H2O.Pt/c1-2-6-11-10(5-1)9-14-13-8-4-3-7-12(11)13;1-2;;;;;/h1-9H;2H,1H3;1H;3*1H2;/q;;;2*-1;;+1/p-1. The first-order valence-electron chi connectivity index (χ1n) is 5.24. The van der Waals surface area contributed by atoms with Crippen molar-refractivity contribution in [2.75, 3.05) is 7.11 Å². The van der Waals surface area contributed by atoms with Gasteiger partial charge in [0.25, 0.3) is 0 Å². The molecule has 1 aromatic heterocycles. The van der Waals surface area contributed by atoms with Crippen LogP contribution < -0.4 is 0 Å². The molecule has 0 fully saturated rings. The van der Waals surface area contributed by atoms with E-state index >= 15 is 0 Å². The summed E-state index contributed by atoms with van der Waals surface area (Å²) < 4.78 is 0. The van der Waals surface area contributed by atoms with Crippen LogP contribution in [-0.4, -0.2) is 22.7 Å². The fraction of sp³-hybridized carbons (Fsp3) is 0.0714.